The monoisotopic (exact) mass is 477 g/mol. The van der Waals surface area contributed by atoms with Gasteiger partial charge in [0, 0.05) is 34.1 Å². The number of aliphatic imine (C=N–C) groups is 1. The number of nitrogens with one attached hydrogen (secondary N) is 1. The van der Waals surface area contributed by atoms with E-state index in [9.17, 15) is 0 Å². The number of benzene rings is 4. The Labute approximate surface area is 210 Å². The summed E-state index contributed by atoms with van der Waals surface area (Å²) >= 11 is 0. The van der Waals surface area contributed by atoms with Crippen LogP contribution >= 0.6 is 8.07 Å². The second-order valence-corrected chi connectivity index (χ2v) is 11.3. The topological polar surface area (TPSA) is 27.6 Å². The van der Waals surface area contributed by atoms with Gasteiger partial charge in [-0.2, -0.15) is 0 Å². The van der Waals surface area contributed by atoms with Gasteiger partial charge in [0.15, 0.2) is 0 Å². The largest absolute Gasteiger partial charge is 0.357 e. The standard InChI is InChI=1S/C31H32N3P/c1-23(2)30-22-34(27-19-17-24(3)18-20-27)31(32-30)25-11-10-12-26(21-25)33-35(28-13-6-4-7-14-28)29-15-8-5-9-16-29/h4-21,23,30,33H,22H2,1-3H3/t30-/m1/s1. The van der Waals surface area contributed by atoms with Crippen LogP contribution in [0.2, 0.25) is 0 Å². The first-order valence-corrected chi connectivity index (χ1v) is 13.6. The zero-order valence-electron chi connectivity index (χ0n) is 20.6. The van der Waals surface area contributed by atoms with Crippen LogP contribution in [0.3, 0.4) is 0 Å². The highest BCUT2D eigenvalue weighted by Crippen LogP contribution is 2.35. The van der Waals surface area contributed by atoms with Gasteiger partial charge in [-0.1, -0.05) is 104 Å². The molecule has 0 radical (unpaired) electrons. The lowest BCUT2D eigenvalue weighted by Gasteiger charge is -2.24. The van der Waals surface area contributed by atoms with Gasteiger partial charge >= 0.3 is 0 Å². The van der Waals surface area contributed by atoms with Gasteiger partial charge in [-0.05, 0) is 37.1 Å². The van der Waals surface area contributed by atoms with Crippen molar-refractivity contribution in [2.75, 3.05) is 16.5 Å². The minimum absolute atomic E-state index is 0.286. The van der Waals surface area contributed by atoms with E-state index < -0.39 is 8.07 Å². The number of amidine groups is 1. The van der Waals surface area contributed by atoms with E-state index in [4.69, 9.17) is 4.99 Å². The van der Waals surface area contributed by atoms with E-state index in [-0.39, 0.29) is 6.04 Å². The average molecular weight is 478 g/mol. The zero-order chi connectivity index (χ0) is 24.2. The third-order valence-electron chi connectivity index (χ3n) is 6.42. The number of rotatable bonds is 7. The molecule has 0 saturated carbocycles. The van der Waals surface area contributed by atoms with Gasteiger partial charge in [0.05, 0.1) is 14.1 Å². The molecule has 1 aliphatic rings. The second-order valence-electron chi connectivity index (χ2n) is 9.41. The number of anilines is 2. The Balaban J connectivity index is 1.49. The summed E-state index contributed by atoms with van der Waals surface area (Å²) in [4.78, 5) is 7.57. The molecule has 0 amide bonds. The van der Waals surface area contributed by atoms with E-state index in [0.29, 0.717) is 5.92 Å². The van der Waals surface area contributed by atoms with Crippen LogP contribution in [0.1, 0.15) is 25.0 Å². The molecule has 0 aromatic heterocycles. The summed E-state index contributed by atoms with van der Waals surface area (Å²) in [5, 5.41) is 6.47. The minimum atomic E-state index is -0.733. The third-order valence-corrected chi connectivity index (χ3v) is 8.53. The first kappa shape index (κ1) is 23.3. The highest BCUT2D eigenvalue weighted by molar-refractivity contribution is 7.74. The maximum absolute atomic E-state index is 5.19. The number of hydrogen-bond acceptors (Lipinski definition) is 3. The molecule has 1 N–H and O–H groups in total. The SMILES string of the molecule is Cc1ccc(N2C[C@H](C(C)C)N=C2c2cccc(NP(c3ccccc3)c3ccccc3)c2)cc1. The second kappa shape index (κ2) is 10.5. The van der Waals surface area contributed by atoms with Crippen molar-refractivity contribution in [1.29, 1.82) is 0 Å². The van der Waals surface area contributed by atoms with Crippen molar-refractivity contribution >= 4 is 35.9 Å². The van der Waals surface area contributed by atoms with Gasteiger partial charge in [-0.3, -0.25) is 4.99 Å². The molecule has 4 aromatic carbocycles. The van der Waals surface area contributed by atoms with E-state index in [1.807, 2.05) is 0 Å². The summed E-state index contributed by atoms with van der Waals surface area (Å²) < 4.78 is 0. The van der Waals surface area contributed by atoms with Gasteiger partial charge in [-0.15, -0.1) is 0 Å². The van der Waals surface area contributed by atoms with Gasteiger partial charge < -0.3 is 9.99 Å². The molecule has 4 heteroatoms. The van der Waals surface area contributed by atoms with E-state index in [1.54, 1.807) is 0 Å². The highest BCUT2D eigenvalue weighted by atomic mass is 31.1. The van der Waals surface area contributed by atoms with Crippen LogP contribution in [0.15, 0.2) is 114 Å². The van der Waals surface area contributed by atoms with E-state index >= 15 is 0 Å². The number of aryl methyl sites for hydroxylation is 1. The lowest BCUT2D eigenvalue weighted by atomic mass is 10.1. The molecule has 1 heterocycles. The molecule has 1 atom stereocenters. The molecule has 0 bridgehead atoms. The number of hydrogen-bond donors (Lipinski definition) is 1. The fraction of sp³-hybridized carbons (Fsp3) is 0.194. The molecule has 0 fully saturated rings. The molecule has 0 spiro atoms. The van der Waals surface area contributed by atoms with Crippen LogP contribution in [0.25, 0.3) is 0 Å². The van der Waals surface area contributed by atoms with Crippen molar-refractivity contribution in [2.45, 2.75) is 26.8 Å². The van der Waals surface area contributed by atoms with Crippen LogP contribution in [0, 0.1) is 12.8 Å². The molecule has 0 saturated heterocycles. The fourth-order valence-electron chi connectivity index (χ4n) is 4.37. The lowest BCUT2D eigenvalue weighted by Crippen LogP contribution is -2.31. The first-order chi connectivity index (χ1) is 17.1. The summed E-state index contributed by atoms with van der Waals surface area (Å²) in [5.41, 5.74) is 4.73. The Morgan fingerprint density at radius 2 is 1.43 bits per heavy atom. The van der Waals surface area contributed by atoms with Crippen LogP contribution in [-0.2, 0) is 0 Å². The Morgan fingerprint density at radius 3 is 2.03 bits per heavy atom. The smallest absolute Gasteiger partial charge is 0.135 e. The average Bonchev–Trinajstić information content (AvgIpc) is 3.35. The van der Waals surface area contributed by atoms with Gasteiger partial charge in [0.2, 0.25) is 0 Å². The quantitative estimate of drug-likeness (QED) is 0.298. The van der Waals surface area contributed by atoms with Crippen molar-refractivity contribution in [3.8, 4) is 0 Å². The van der Waals surface area contributed by atoms with Crippen molar-refractivity contribution < 1.29 is 0 Å². The molecule has 5 rings (SSSR count). The van der Waals surface area contributed by atoms with Gasteiger partial charge in [0.25, 0.3) is 0 Å². The summed E-state index contributed by atoms with van der Waals surface area (Å²) in [5.74, 6) is 1.55. The van der Waals surface area contributed by atoms with Crippen molar-refractivity contribution in [3.05, 3.63) is 120 Å². The van der Waals surface area contributed by atoms with Crippen molar-refractivity contribution in [2.24, 2.45) is 10.9 Å². The maximum Gasteiger partial charge on any atom is 0.135 e. The number of nitrogens with zero attached hydrogens (tertiary/aromatic N) is 2. The normalized spacial score (nSPS) is 15.5. The van der Waals surface area contributed by atoms with Crippen LogP contribution in [0.4, 0.5) is 11.4 Å². The summed E-state index contributed by atoms with van der Waals surface area (Å²) in [7, 11) is -0.733. The Bertz CT molecular complexity index is 1240. The predicted octanol–water partition coefficient (Wildman–Crippen LogP) is 6.75. The fourth-order valence-corrected chi connectivity index (χ4v) is 6.27. The highest BCUT2D eigenvalue weighted by Gasteiger charge is 2.29. The Morgan fingerprint density at radius 1 is 0.800 bits per heavy atom. The summed E-state index contributed by atoms with van der Waals surface area (Å²) in [6, 6.07) is 39.3. The molecule has 4 aromatic rings. The zero-order valence-corrected chi connectivity index (χ0v) is 21.5. The van der Waals surface area contributed by atoms with Crippen molar-refractivity contribution in [3.63, 3.8) is 0 Å². The Kier molecular flexibility index (Phi) is 6.97. The molecule has 0 unspecified atom stereocenters. The lowest BCUT2D eigenvalue weighted by molar-refractivity contribution is 0.521. The first-order valence-electron chi connectivity index (χ1n) is 12.3. The van der Waals surface area contributed by atoms with E-state index in [0.717, 1.165) is 23.6 Å². The van der Waals surface area contributed by atoms with Crippen LogP contribution < -0.4 is 20.6 Å². The predicted molar refractivity (Wildman–Crippen MR) is 153 cm³/mol. The van der Waals surface area contributed by atoms with Crippen LogP contribution in [-0.4, -0.2) is 18.4 Å². The van der Waals surface area contributed by atoms with Gasteiger partial charge in [-0.25, -0.2) is 0 Å². The molecular formula is C31H32N3P. The maximum atomic E-state index is 5.19. The Hall–Kier alpha value is -3.42. The van der Waals surface area contributed by atoms with Crippen molar-refractivity contribution in [1.82, 2.24) is 0 Å². The van der Waals surface area contributed by atoms with Gasteiger partial charge in [0.1, 0.15) is 5.84 Å². The van der Waals surface area contributed by atoms with Crippen LogP contribution in [0.5, 0.6) is 0 Å². The van der Waals surface area contributed by atoms with E-state index in [2.05, 4.69) is 140 Å². The third kappa shape index (κ3) is 5.31. The summed E-state index contributed by atoms with van der Waals surface area (Å²) in [6.45, 7) is 7.56. The van der Waals surface area contributed by atoms with E-state index in [1.165, 1.54) is 21.9 Å². The molecule has 0 aliphatic carbocycles. The molecule has 176 valence electrons. The molecule has 3 nitrogen and oxygen atoms in total. The summed E-state index contributed by atoms with van der Waals surface area (Å²) in [6.07, 6.45) is 0. The minimum Gasteiger partial charge on any atom is -0.357 e. The molecule has 35 heavy (non-hydrogen) atoms. The molecule has 1 aliphatic heterocycles. The molecular weight excluding hydrogens is 445 g/mol.